The molecule has 0 spiro atoms. The summed E-state index contributed by atoms with van der Waals surface area (Å²) in [6.45, 7) is 0.364. The van der Waals surface area contributed by atoms with Crippen LogP contribution in [0.2, 0.25) is 0 Å². The highest BCUT2D eigenvalue weighted by atomic mass is 19.2. The van der Waals surface area contributed by atoms with E-state index in [1.54, 1.807) is 30.3 Å². The summed E-state index contributed by atoms with van der Waals surface area (Å²) >= 11 is 0. The number of halogens is 2. The zero-order valence-corrected chi connectivity index (χ0v) is 17.7. The minimum absolute atomic E-state index is 0.0598. The van der Waals surface area contributed by atoms with Crippen molar-refractivity contribution in [1.82, 2.24) is 14.7 Å². The highest BCUT2D eigenvalue weighted by Crippen LogP contribution is 2.46. The molecule has 0 radical (unpaired) electrons. The van der Waals surface area contributed by atoms with Gasteiger partial charge in [-0.1, -0.05) is 42.5 Å². The molecular formula is C24H19F2N3O5. The first-order chi connectivity index (χ1) is 16.4. The fraction of sp³-hybridized carbons (Fsp3) is 0.250. The number of benzene rings is 2. The van der Waals surface area contributed by atoms with E-state index in [1.165, 1.54) is 21.7 Å². The molecule has 3 aromatic rings. The molecule has 1 aromatic heterocycles. The maximum Gasteiger partial charge on any atom is 0.511 e. The Hall–Kier alpha value is -4.08. The molecule has 0 aliphatic carbocycles. The van der Waals surface area contributed by atoms with Crippen molar-refractivity contribution in [3.05, 3.63) is 93.4 Å². The summed E-state index contributed by atoms with van der Waals surface area (Å²) in [5.41, 5.74) is -0.489. The number of hydrogen-bond acceptors (Lipinski definition) is 5. The van der Waals surface area contributed by atoms with Gasteiger partial charge < -0.3 is 14.7 Å². The Morgan fingerprint density at radius 3 is 2.62 bits per heavy atom. The maximum atomic E-state index is 15.2. The molecule has 8 nitrogen and oxygen atoms in total. The lowest BCUT2D eigenvalue weighted by atomic mass is 9.79. The van der Waals surface area contributed by atoms with Gasteiger partial charge in [0.05, 0.1) is 18.3 Å². The minimum atomic E-state index is -1.75. The first-order valence-electron chi connectivity index (χ1n) is 10.7. The smallest absolute Gasteiger partial charge is 0.449 e. The van der Waals surface area contributed by atoms with Gasteiger partial charge in [0.25, 0.3) is 5.91 Å². The van der Waals surface area contributed by atoms with Gasteiger partial charge in [0.2, 0.25) is 11.2 Å². The van der Waals surface area contributed by atoms with Crippen molar-refractivity contribution in [2.24, 2.45) is 0 Å². The van der Waals surface area contributed by atoms with E-state index < -0.39 is 52.9 Å². The third-order valence-electron chi connectivity index (χ3n) is 6.41. The molecule has 2 aromatic carbocycles. The van der Waals surface area contributed by atoms with Gasteiger partial charge >= 0.3 is 6.16 Å². The van der Waals surface area contributed by atoms with Crippen LogP contribution >= 0.6 is 0 Å². The highest BCUT2D eigenvalue weighted by Gasteiger charge is 2.49. The number of carbonyl (C=O) groups excluding carboxylic acids is 1. The number of hydrogen-bond donors (Lipinski definition) is 1. The van der Waals surface area contributed by atoms with Crippen LogP contribution in [0, 0.1) is 11.6 Å². The van der Waals surface area contributed by atoms with E-state index in [2.05, 4.69) is 5.10 Å². The molecule has 1 unspecified atom stereocenters. The molecule has 3 heterocycles. The van der Waals surface area contributed by atoms with Gasteiger partial charge in [-0.3, -0.25) is 9.59 Å². The minimum Gasteiger partial charge on any atom is -0.449 e. The molecule has 2 aliphatic rings. The molecule has 34 heavy (non-hydrogen) atoms. The van der Waals surface area contributed by atoms with E-state index in [-0.39, 0.29) is 11.3 Å². The Bertz CT molecular complexity index is 1340. The summed E-state index contributed by atoms with van der Waals surface area (Å²) in [4.78, 5) is 38.6. The number of rotatable bonds is 4. The molecule has 5 rings (SSSR count). The number of carbonyl (C=O) groups is 2. The van der Waals surface area contributed by atoms with Gasteiger partial charge in [-0.2, -0.15) is 5.10 Å². The molecule has 1 saturated heterocycles. The van der Waals surface area contributed by atoms with Gasteiger partial charge in [-0.25, -0.2) is 18.3 Å². The molecular weight excluding hydrogens is 448 g/mol. The average molecular weight is 467 g/mol. The highest BCUT2D eigenvalue weighted by molar-refractivity contribution is 5.97. The Morgan fingerprint density at radius 1 is 1.12 bits per heavy atom. The summed E-state index contributed by atoms with van der Waals surface area (Å²) in [7, 11) is 0. The normalized spacial score (nSPS) is 19.9. The average Bonchev–Trinajstić information content (AvgIpc) is 3.31. The van der Waals surface area contributed by atoms with E-state index in [1.807, 2.05) is 0 Å². The second-order valence-electron chi connectivity index (χ2n) is 8.23. The van der Waals surface area contributed by atoms with Crippen LogP contribution in [0.25, 0.3) is 0 Å². The summed E-state index contributed by atoms with van der Waals surface area (Å²) in [5, 5.41) is 13.3. The molecule has 10 heteroatoms. The predicted molar refractivity (Wildman–Crippen MR) is 115 cm³/mol. The van der Waals surface area contributed by atoms with Gasteiger partial charge in [0.1, 0.15) is 0 Å². The maximum absolute atomic E-state index is 15.2. The molecule has 174 valence electrons. The molecule has 0 bridgehead atoms. The van der Waals surface area contributed by atoms with E-state index in [0.717, 1.165) is 12.3 Å². The van der Waals surface area contributed by atoms with Crippen molar-refractivity contribution in [2.75, 3.05) is 6.54 Å². The number of carboxylic acid groups (broad SMARTS) is 1. The lowest BCUT2D eigenvalue weighted by Gasteiger charge is -2.42. The summed E-state index contributed by atoms with van der Waals surface area (Å²) in [6.07, 6.45) is 0.332. The SMILES string of the molecule is O=C(O)Oc1c2n(ncc1=O)[C@@H](C(c1ccccc1)c1cccc(F)c1F)[C@H]1CCCN1C2=O. The van der Waals surface area contributed by atoms with Crippen molar-refractivity contribution >= 4 is 12.1 Å². The second-order valence-corrected chi connectivity index (χ2v) is 8.23. The van der Waals surface area contributed by atoms with Crippen molar-refractivity contribution in [2.45, 2.75) is 30.8 Å². The van der Waals surface area contributed by atoms with Crippen molar-refractivity contribution in [3.63, 3.8) is 0 Å². The summed E-state index contributed by atoms with van der Waals surface area (Å²) in [5.74, 6) is -4.10. The van der Waals surface area contributed by atoms with E-state index >= 15 is 4.39 Å². The molecule has 1 fully saturated rings. The molecule has 2 aliphatic heterocycles. The molecule has 1 N–H and O–H groups in total. The van der Waals surface area contributed by atoms with Crippen molar-refractivity contribution in [3.8, 4) is 5.75 Å². The largest absolute Gasteiger partial charge is 0.511 e. The Morgan fingerprint density at radius 2 is 1.88 bits per heavy atom. The number of fused-ring (bicyclic) bond motifs is 2. The van der Waals surface area contributed by atoms with Gasteiger partial charge in [-0.15, -0.1) is 0 Å². The van der Waals surface area contributed by atoms with E-state index in [0.29, 0.717) is 24.9 Å². The van der Waals surface area contributed by atoms with Crippen LogP contribution in [0.1, 0.15) is 46.4 Å². The fourth-order valence-electron chi connectivity index (χ4n) is 5.10. The third kappa shape index (κ3) is 3.42. The first-order valence-corrected chi connectivity index (χ1v) is 10.7. The van der Waals surface area contributed by atoms with Gasteiger partial charge in [-0.05, 0) is 24.5 Å². The lowest BCUT2D eigenvalue weighted by Crippen LogP contribution is -2.51. The quantitative estimate of drug-likeness (QED) is 0.589. The monoisotopic (exact) mass is 467 g/mol. The zero-order chi connectivity index (χ0) is 24.0. The van der Waals surface area contributed by atoms with Crippen LogP contribution < -0.4 is 10.2 Å². The van der Waals surface area contributed by atoms with Gasteiger partial charge in [0.15, 0.2) is 17.3 Å². The first kappa shape index (κ1) is 21.7. The van der Waals surface area contributed by atoms with E-state index in [9.17, 15) is 18.8 Å². The van der Waals surface area contributed by atoms with Crippen LogP contribution in [-0.4, -0.2) is 44.4 Å². The fourth-order valence-corrected chi connectivity index (χ4v) is 5.10. The number of ether oxygens (including phenoxy) is 1. The number of nitrogens with zero attached hydrogens (tertiary/aromatic N) is 3. The summed E-state index contributed by atoms with van der Waals surface area (Å²) < 4.78 is 35.4. The predicted octanol–water partition coefficient (Wildman–Crippen LogP) is 3.57. The Balaban J connectivity index is 1.81. The van der Waals surface area contributed by atoms with Crippen LogP contribution in [0.3, 0.4) is 0 Å². The van der Waals surface area contributed by atoms with Crippen LogP contribution in [0.4, 0.5) is 13.6 Å². The van der Waals surface area contributed by atoms with Crippen LogP contribution in [0.5, 0.6) is 5.75 Å². The standard InChI is InChI=1S/C24H19F2N3O5/c25-15-9-4-8-14(19(15)26)18(13-6-2-1-3-7-13)20-16-10-5-11-28(16)23(31)21-22(34-24(32)33)17(30)12-27-29(20)21/h1-4,6-9,12,16,18,20H,5,10-11H2,(H,32,33)/t16-,18?,20-/m1/s1. The second kappa shape index (κ2) is 8.36. The zero-order valence-electron chi connectivity index (χ0n) is 17.7. The topological polar surface area (TPSA) is 102 Å². The Labute approximate surface area is 192 Å². The molecule has 0 saturated carbocycles. The third-order valence-corrected chi connectivity index (χ3v) is 6.41. The number of amides is 1. The Kier molecular flexibility index (Phi) is 5.35. The van der Waals surface area contributed by atoms with Gasteiger partial charge in [0, 0.05) is 18.0 Å². The van der Waals surface area contributed by atoms with E-state index in [4.69, 9.17) is 9.84 Å². The lowest BCUT2D eigenvalue weighted by molar-refractivity contribution is 0.0562. The molecule has 1 amide bonds. The van der Waals surface area contributed by atoms with Crippen molar-refractivity contribution < 1.29 is 28.2 Å². The van der Waals surface area contributed by atoms with Crippen molar-refractivity contribution in [1.29, 1.82) is 0 Å². The summed E-state index contributed by atoms with van der Waals surface area (Å²) in [6, 6.07) is 11.5. The van der Waals surface area contributed by atoms with Crippen LogP contribution in [0.15, 0.2) is 59.5 Å². The number of aromatic nitrogens is 2. The van der Waals surface area contributed by atoms with Crippen LogP contribution in [-0.2, 0) is 0 Å². The molecule has 3 atom stereocenters.